The Morgan fingerprint density at radius 2 is 2.00 bits per heavy atom. The van der Waals surface area contributed by atoms with E-state index < -0.39 is 5.41 Å². The average molecular weight is 353 g/mol. The Hall–Kier alpha value is -2.89. The van der Waals surface area contributed by atoms with Crippen LogP contribution in [0.5, 0.6) is 0 Å². The van der Waals surface area contributed by atoms with Crippen molar-refractivity contribution in [3.8, 4) is 0 Å². The predicted octanol–water partition coefficient (Wildman–Crippen LogP) is 3.40. The monoisotopic (exact) mass is 353 g/mol. The zero-order chi connectivity index (χ0) is 18.9. The molecule has 0 saturated carbocycles. The average Bonchev–Trinajstić information content (AvgIpc) is 3.16. The topological polar surface area (TPSA) is 73.2 Å². The van der Waals surface area contributed by atoms with Crippen LogP contribution in [0.25, 0.3) is 5.57 Å². The lowest BCUT2D eigenvalue weighted by Crippen LogP contribution is -2.24. The van der Waals surface area contributed by atoms with Crippen molar-refractivity contribution in [1.82, 2.24) is 9.78 Å². The molecular weight excluding hydrogens is 330 g/mol. The summed E-state index contributed by atoms with van der Waals surface area (Å²) in [6, 6.07) is 8.04. The van der Waals surface area contributed by atoms with Gasteiger partial charge in [0.05, 0.1) is 23.5 Å². The van der Waals surface area contributed by atoms with Gasteiger partial charge in [-0.1, -0.05) is 24.3 Å². The van der Waals surface area contributed by atoms with Gasteiger partial charge < -0.3 is 10.1 Å². The van der Waals surface area contributed by atoms with Crippen molar-refractivity contribution < 1.29 is 14.3 Å². The fraction of sp³-hybridized carbons (Fsp3) is 0.350. The van der Waals surface area contributed by atoms with Crippen molar-refractivity contribution in [2.75, 3.05) is 5.32 Å². The van der Waals surface area contributed by atoms with Crippen LogP contribution in [0.15, 0.2) is 42.2 Å². The molecular formula is C20H23N3O3. The largest absolute Gasteiger partial charge is 0.442 e. The molecule has 0 spiro atoms. The molecule has 1 aromatic heterocycles. The third kappa shape index (κ3) is 3.69. The molecule has 0 unspecified atom stereocenters. The van der Waals surface area contributed by atoms with E-state index in [1.54, 1.807) is 33.2 Å². The highest BCUT2D eigenvalue weighted by atomic mass is 16.5. The van der Waals surface area contributed by atoms with Crippen molar-refractivity contribution in [1.29, 1.82) is 0 Å². The number of carbonyl (C=O) groups excluding carboxylic acids is 2. The van der Waals surface area contributed by atoms with Gasteiger partial charge in [-0.25, -0.2) is 4.68 Å². The number of rotatable bonds is 4. The Kier molecular flexibility index (Phi) is 4.68. The first kappa shape index (κ1) is 17.9. The number of carbonyl (C=O) groups is 2. The highest BCUT2D eigenvalue weighted by Gasteiger charge is 2.24. The van der Waals surface area contributed by atoms with Gasteiger partial charge in [-0.15, -0.1) is 0 Å². The summed E-state index contributed by atoms with van der Waals surface area (Å²) in [5, 5.41) is 6.98. The molecule has 26 heavy (non-hydrogen) atoms. The van der Waals surface area contributed by atoms with Crippen LogP contribution in [0.1, 0.15) is 38.8 Å². The van der Waals surface area contributed by atoms with Gasteiger partial charge >= 0.3 is 5.97 Å². The van der Waals surface area contributed by atoms with Gasteiger partial charge in [-0.3, -0.25) is 9.59 Å². The number of hydrogen-bond donors (Lipinski definition) is 1. The van der Waals surface area contributed by atoms with Crippen molar-refractivity contribution in [2.45, 2.75) is 40.8 Å². The molecule has 6 nitrogen and oxygen atoms in total. The minimum Gasteiger partial charge on any atom is -0.442 e. The third-order valence-corrected chi connectivity index (χ3v) is 4.35. The molecule has 1 aliphatic carbocycles. The van der Waals surface area contributed by atoms with Crippen LogP contribution in [0, 0.1) is 5.41 Å². The molecule has 0 saturated heterocycles. The van der Waals surface area contributed by atoms with Gasteiger partial charge in [0.1, 0.15) is 0 Å². The number of nitrogens with zero attached hydrogens (tertiary/aromatic N) is 2. The molecule has 0 radical (unpaired) electrons. The lowest BCUT2D eigenvalue weighted by Gasteiger charge is -2.16. The second kappa shape index (κ2) is 6.78. The number of amides is 1. The van der Waals surface area contributed by atoms with Crippen LogP contribution in [-0.4, -0.2) is 21.7 Å². The van der Waals surface area contributed by atoms with E-state index in [1.165, 1.54) is 10.2 Å². The summed E-state index contributed by atoms with van der Waals surface area (Å²) in [5.41, 5.74) is 4.06. The summed E-state index contributed by atoms with van der Waals surface area (Å²) < 4.78 is 6.69. The molecule has 6 heteroatoms. The second-order valence-corrected chi connectivity index (χ2v) is 7.47. The van der Waals surface area contributed by atoms with E-state index in [0.717, 1.165) is 16.7 Å². The molecule has 1 N–H and O–H groups in total. The summed E-state index contributed by atoms with van der Waals surface area (Å²) in [6.45, 7) is 7.36. The standard InChI is InChI=1S/C20H23N3O3/c1-13-16-8-6-5-7-14(16)9-17(13)18(24)22-15-10-21-23(11-15)12-26-19(25)20(2,3)4/h5-8,10-11H,9,12H2,1-4H3,(H,22,24). The summed E-state index contributed by atoms with van der Waals surface area (Å²) in [7, 11) is 0. The molecule has 0 aliphatic heterocycles. The molecule has 2 aromatic rings. The van der Waals surface area contributed by atoms with E-state index in [-0.39, 0.29) is 18.6 Å². The first-order chi connectivity index (χ1) is 12.3. The van der Waals surface area contributed by atoms with Gasteiger partial charge in [0.25, 0.3) is 5.91 Å². The smallest absolute Gasteiger partial charge is 0.313 e. The van der Waals surface area contributed by atoms with Crippen LogP contribution in [0.4, 0.5) is 5.69 Å². The lowest BCUT2D eigenvalue weighted by atomic mass is 9.98. The fourth-order valence-electron chi connectivity index (χ4n) is 2.82. The molecule has 0 bridgehead atoms. The molecule has 3 rings (SSSR count). The Bertz CT molecular complexity index is 888. The molecule has 1 aromatic carbocycles. The SMILES string of the molecule is CC1=C(C(=O)Nc2cnn(COC(=O)C(C)(C)C)c2)Cc2ccccc21. The number of anilines is 1. The first-order valence-corrected chi connectivity index (χ1v) is 8.55. The number of benzene rings is 1. The highest BCUT2D eigenvalue weighted by Crippen LogP contribution is 2.32. The van der Waals surface area contributed by atoms with Crippen molar-refractivity contribution in [2.24, 2.45) is 5.41 Å². The molecule has 0 fully saturated rings. The number of aromatic nitrogens is 2. The maximum Gasteiger partial charge on any atom is 0.313 e. The summed E-state index contributed by atoms with van der Waals surface area (Å²) in [4.78, 5) is 24.4. The number of esters is 1. The van der Waals surface area contributed by atoms with Gasteiger partial charge in [0.2, 0.25) is 0 Å². The minimum atomic E-state index is -0.564. The van der Waals surface area contributed by atoms with Crippen LogP contribution >= 0.6 is 0 Å². The quantitative estimate of drug-likeness (QED) is 0.855. The van der Waals surface area contributed by atoms with Gasteiger partial charge in [0, 0.05) is 12.0 Å². The lowest BCUT2D eigenvalue weighted by molar-refractivity contribution is -0.157. The van der Waals surface area contributed by atoms with Gasteiger partial charge in [-0.05, 0) is 44.4 Å². The van der Waals surface area contributed by atoms with Crippen molar-refractivity contribution in [3.05, 3.63) is 53.4 Å². The highest BCUT2D eigenvalue weighted by molar-refractivity contribution is 6.10. The van der Waals surface area contributed by atoms with Gasteiger partial charge in [-0.2, -0.15) is 5.10 Å². The van der Waals surface area contributed by atoms with E-state index in [4.69, 9.17) is 4.74 Å². The van der Waals surface area contributed by atoms with Crippen molar-refractivity contribution in [3.63, 3.8) is 0 Å². The molecule has 136 valence electrons. The Morgan fingerprint density at radius 3 is 2.69 bits per heavy atom. The summed E-state index contributed by atoms with van der Waals surface area (Å²) in [6.07, 6.45) is 3.82. The third-order valence-electron chi connectivity index (χ3n) is 4.35. The zero-order valence-electron chi connectivity index (χ0n) is 15.5. The number of nitrogens with one attached hydrogen (secondary N) is 1. The number of hydrogen-bond acceptors (Lipinski definition) is 4. The Balaban J connectivity index is 1.62. The maximum absolute atomic E-state index is 12.6. The summed E-state index contributed by atoms with van der Waals surface area (Å²) in [5.74, 6) is -0.437. The van der Waals surface area contributed by atoms with Gasteiger partial charge in [0.15, 0.2) is 6.73 Å². The predicted molar refractivity (Wildman–Crippen MR) is 99.1 cm³/mol. The Morgan fingerprint density at radius 1 is 1.27 bits per heavy atom. The number of allylic oxidation sites excluding steroid dienone is 1. The van der Waals surface area contributed by atoms with Crippen LogP contribution < -0.4 is 5.32 Å². The molecule has 1 amide bonds. The minimum absolute atomic E-state index is 0.0130. The molecule has 1 aliphatic rings. The zero-order valence-corrected chi connectivity index (χ0v) is 15.5. The van der Waals surface area contributed by atoms with E-state index >= 15 is 0 Å². The van der Waals surface area contributed by atoms with E-state index in [9.17, 15) is 9.59 Å². The van der Waals surface area contributed by atoms with Crippen LogP contribution in [-0.2, 0) is 27.5 Å². The number of ether oxygens (including phenoxy) is 1. The molecule has 0 atom stereocenters. The number of fused-ring (bicyclic) bond motifs is 1. The maximum atomic E-state index is 12.6. The van der Waals surface area contributed by atoms with Crippen LogP contribution in [0.2, 0.25) is 0 Å². The van der Waals surface area contributed by atoms with E-state index in [0.29, 0.717) is 12.1 Å². The summed E-state index contributed by atoms with van der Waals surface area (Å²) >= 11 is 0. The van der Waals surface area contributed by atoms with Crippen molar-refractivity contribution >= 4 is 23.1 Å². The fourth-order valence-corrected chi connectivity index (χ4v) is 2.82. The van der Waals surface area contributed by atoms with E-state index in [1.807, 2.05) is 31.2 Å². The van der Waals surface area contributed by atoms with E-state index in [2.05, 4.69) is 10.4 Å². The Labute approximate surface area is 152 Å². The first-order valence-electron chi connectivity index (χ1n) is 8.55. The van der Waals surface area contributed by atoms with Crippen LogP contribution in [0.3, 0.4) is 0 Å². The normalized spacial score (nSPS) is 13.5. The molecule has 1 heterocycles. The second-order valence-electron chi connectivity index (χ2n) is 7.47.